The Labute approximate surface area is 111 Å². The number of halogens is 1. The molecule has 0 spiro atoms. The van der Waals surface area contributed by atoms with Crippen LogP contribution in [0, 0.1) is 5.89 Å². The van der Waals surface area contributed by atoms with Crippen molar-refractivity contribution >= 4 is 21.6 Å². The van der Waals surface area contributed by atoms with Gasteiger partial charge in [-0.15, -0.1) is 0 Å². The van der Waals surface area contributed by atoms with Gasteiger partial charge in [0.15, 0.2) is 0 Å². The lowest BCUT2D eigenvalue weighted by Crippen LogP contribution is -2.34. The van der Waals surface area contributed by atoms with Crippen LogP contribution in [0.3, 0.4) is 0 Å². The van der Waals surface area contributed by atoms with Crippen molar-refractivity contribution in [2.75, 3.05) is 17.9 Å². The Balaban J connectivity index is 2.90. The topological polar surface area (TPSA) is 3.24 Å². The van der Waals surface area contributed by atoms with Gasteiger partial charge in [0.2, 0.25) is 0 Å². The summed E-state index contributed by atoms with van der Waals surface area (Å²) in [6.07, 6.45) is -7.20. The van der Waals surface area contributed by atoms with Gasteiger partial charge in [0, 0.05) is 39.6 Å². The SMILES string of the molecule is [2H]C([2H])([2H])C1([2H])C([2H])([2H])N(c2ccc(Br)cc2)C([2H])([2H])C([2H])([2H])C1([2H])[2H]. The van der Waals surface area contributed by atoms with Crippen molar-refractivity contribution < 1.29 is 16.4 Å². The highest BCUT2D eigenvalue weighted by Crippen LogP contribution is 2.24. The first-order chi connectivity index (χ1) is 11.4. The van der Waals surface area contributed by atoms with E-state index in [0.29, 0.717) is 4.47 Å². The normalized spacial score (nSPS) is 55.6. The molecule has 0 N–H and O–H groups in total. The zero-order valence-electron chi connectivity index (χ0n) is 19.1. The van der Waals surface area contributed by atoms with Gasteiger partial charge in [-0.2, -0.15) is 0 Å². The van der Waals surface area contributed by atoms with Crippen LogP contribution in [0.1, 0.15) is 36.0 Å². The molecular formula is C12H16BrN. The van der Waals surface area contributed by atoms with Crippen molar-refractivity contribution in [1.82, 2.24) is 0 Å². The molecule has 1 aliphatic rings. The predicted molar refractivity (Wildman–Crippen MR) is 64.8 cm³/mol. The minimum atomic E-state index is -3.68. The van der Waals surface area contributed by atoms with Gasteiger partial charge in [-0.1, -0.05) is 22.8 Å². The van der Waals surface area contributed by atoms with Crippen molar-refractivity contribution in [3.05, 3.63) is 28.7 Å². The molecule has 0 bridgehead atoms. The maximum atomic E-state index is 8.26. The molecule has 1 nitrogen and oxygen atoms in total. The number of piperidine rings is 1. The molecule has 0 saturated carbocycles. The van der Waals surface area contributed by atoms with Gasteiger partial charge < -0.3 is 4.90 Å². The van der Waals surface area contributed by atoms with E-state index >= 15 is 0 Å². The maximum Gasteiger partial charge on any atom is 0.0496 e. The third-order valence-electron chi connectivity index (χ3n) is 1.66. The summed E-state index contributed by atoms with van der Waals surface area (Å²) in [5.74, 6) is -3.62. The fraction of sp³-hybridized carbons (Fsp3) is 0.500. The molecule has 76 valence electrons. The highest BCUT2D eigenvalue weighted by atomic mass is 79.9. The molecule has 1 saturated heterocycles. The van der Waals surface area contributed by atoms with Gasteiger partial charge in [-0.3, -0.25) is 0 Å². The highest BCUT2D eigenvalue weighted by molar-refractivity contribution is 9.10. The van der Waals surface area contributed by atoms with Gasteiger partial charge in [0.25, 0.3) is 0 Å². The van der Waals surface area contributed by atoms with Crippen LogP contribution in [-0.4, -0.2) is 13.0 Å². The molecule has 0 aromatic heterocycles. The van der Waals surface area contributed by atoms with E-state index in [0.717, 1.165) is 0 Å². The molecule has 0 aliphatic carbocycles. The second-order valence-corrected chi connectivity index (χ2v) is 3.58. The van der Waals surface area contributed by atoms with Gasteiger partial charge >= 0.3 is 0 Å². The van der Waals surface area contributed by atoms with E-state index in [-0.39, 0.29) is 10.6 Å². The second-order valence-electron chi connectivity index (χ2n) is 2.66. The number of hydrogen-bond acceptors (Lipinski definition) is 1. The summed E-state index contributed by atoms with van der Waals surface area (Å²) < 4.78 is 96.2. The molecule has 14 heavy (non-hydrogen) atoms. The Morgan fingerprint density at radius 3 is 3.07 bits per heavy atom. The van der Waals surface area contributed by atoms with Crippen LogP contribution < -0.4 is 4.90 Å². The third kappa shape index (κ3) is 2.30. The van der Waals surface area contributed by atoms with Crippen LogP contribution in [0.5, 0.6) is 0 Å². The Bertz CT molecular complexity index is 697. The van der Waals surface area contributed by atoms with Gasteiger partial charge in [-0.25, -0.2) is 0 Å². The fourth-order valence-electron chi connectivity index (χ4n) is 1.03. The molecule has 0 radical (unpaired) electrons. The first kappa shape index (κ1) is 3.00. The molecule has 1 atom stereocenters. The number of rotatable bonds is 1. The largest absolute Gasteiger partial charge is 0.371 e. The van der Waals surface area contributed by atoms with Crippen molar-refractivity contribution in [2.24, 2.45) is 5.89 Å². The van der Waals surface area contributed by atoms with E-state index < -0.39 is 38.5 Å². The van der Waals surface area contributed by atoms with Crippen LogP contribution in [0.2, 0.25) is 0 Å². The van der Waals surface area contributed by atoms with Crippen molar-refractivity contribution in [2.45, 2.75) is 19.6 Å². The first-order valence-corrected chi connectivity index (χ1v) is 4.72. The Morgan fingerprint density at radius 1 is 1.57 bits per heavy atom. The molecule has 1 aromatic carbocycles. The lowest BCUT2D eigenvalue weighted by molar-refractivity contribution is 0.447. The molecule has 2 rings (SSSR count). The summed E-state index contributed by atoms with van der Waals surface area (Å²) in [5.41, 5.74) is -0.219. The summed E-state index contributed by atoms with van der Waals surface area (Å²) in [5, 5.41) is 0. The number of hydrogen-bond donors (Lipinski definition) is 0. The summed E-state index contributed by atoms with van der Waals surface area (Å²) in [7, 11) is 0. The second kappa shape index (κ2) is 4.35. The van der Waals surface area contributed by atoms with Crippen LogP contribution in [0.25, 0.3) is 0 Å². The smallest absolute Gasteiger partial charge is 0.0496 e. The fourth-order valence-corrected chi connectivity index (χ4v) is 1.30. The van der Waals surface area contributed by atoms with Crippen LogP contribution in [0.4, 0.5) is 5.69 Å². The standard InChI is InChI=1S/C12H16BrN/c1-10-3-2-8-14(9-10)12-6-4-11(13)5-7-12/h4-7,10H,2-3,8-9H2,1H3/i1D3,2D2,3D2,8D2,9D2,10D. The average molecular weight is 266 g/mol. The molecule has 1 aromatic rings. The molecule has 2 heteroatoms. The van der Waals surface area contributed by atoms with E-state index in [4.69, 9.17) is 16.4 Å². The number of anilines is 1. The Hall–Kier alpha value is -0.500. The zero-order valence-corrected chi connectivity index (χ0v) is 8.72. The molecule has 1 unspecified atom stereocenters. The third-order valence-corrected chi connectivity index (χ3v) is 2.19. The van der Waals surface area contributed by atoms with Gasteiger partial charge in [0.1, 0.15) is 0 Å². The van der Waals surface area contributed by atoms with Crippen molar-refractivity contribution in [3.63, 3.8) is 0 Å². The monoisotopic (exact) mass is 265 g/mol. The maximum absolute atomic E-state index is 8.26. The predicted octanol–water partition coefficient (Wildman–Crippen LogP) is 3.69. The number of nitrogens with zero attached hydrogens (tertiary/aromatic N) is 1. The van der Waals surface area contributed by atoms with E-state index in [1.165, 1.54) is 24.3 Å². The first-order valence-electron chi connectivity index (χ1n) is 9.93. The van der Waals surface area contributed by atoms with Crippen LogP contribution in [-0.2, 0) is 0 Å². The molecule has 0 amide bonds. The average Bonchev–Trinajstić information content (AvgIpc) is 2.45. The quantitative estimate of drug-likeness (QED) is 0.749. The summed E-state index contributed by atoms with van der Waals surface area (Å²) in [6.45, 7) is -10.3. The molecular weight excluding hydrogens is 238 g/mol. The van der Waals surface area contributed by atoms with Crippen LogP contribution in [0.15, 0.2) is 28.7 Å². The van der Waals surface area contributed by atoms with Crippen LogP contribution >= 0.6 is 15.9 Å². The minimum Gasteiger partial charge on any atom is -0.371 e. The van der Waals surface area contributed by atoms with Gasteiger partial charge in [0.05, 0.1) is 0 Å². The Kier molecular flexibility index (Phi) is 0.933. The van der Waals surface area contributed by atoms with E-state index in [1.807, 2.05) is 0 Å². The van der Waals surface area contributed by atoms with E-state index in [2.05, 4.69) is 15.9 Å². The number of benzene rings is 1. The molecule has 1 aliphatic heterocycles. The molecule has 1 heterocycles. The zero-order chi connectivity index (χ0) is 20.6. The van der Waals surface area contributed by atoms with Crippen molar-refractivity contribution in [3.8, 4) is 0 Å². The minimum absolute atomic E-state index is 0.215. The highest BCUT2D eigenvalue weighted by Gasteiger charge is 2.15. The van der Waals surface area contributed by atoms with E-state index in [1.54, 1.807) is 0 Å². The Morgan fingerprint density at radius 2 is 2.36 bits per heavy atom. The molecule has 1 fully saturated rings. The summed E-state index contributed by atoms with van der Waals surface area (Å²) in [4.78, 5) is 0.215. The van der Waals surface area contributed by atoms with Crippen molar-refractivity contribution in [1.29, 1.82) is 0 Å². The summed E-state index contributed by atoms with van der Waals surface area (Å²) >= 11 is 3.15. The lowest BCUT2D eigenvalue weighted by atomic mass is 10.00. The summed E-state index contributed by atoms with van der Waals surface area (Å²) in [6, 6.07) is 5.30. The van der Waals surface area contributed by atoms with Gasteiger partial charge in [-0.05, 0) is 42.9 Å². The lowest BCUT2D eigenvalue weighted by Gasteiger charge is -2.32. The van der Waals surface area contributed by atoms with E-state index in [9.17, 15) is 0 Å².